The summed E-state index contributed by atoms with van der Waals surface area (Å²) in [6.45, 7) is 3.69. The van der Waals surface area contributed by atoms with Crippen molar-refractivity contribution < 1.29 is 19.4 Å². The van der Waals surface area contributed by atoms with E-state index in [0.29, 0.717) is 6.42 Å². The molecule has 0 aliphatic heterocycles. The molecule has 2 atom stereocenters. The zero-order valence-corrected chi connectivity index (χ0v) is 11.9. The molecule has 0 radical (unpaired) electrons. The summed E-state index contributed by atoms with van der Waals surface area (Å²) in [5, 5.41) is 11.6. The van der Waals surface area contributed by atoms with Crippen LogP contribution in [0.25, 0.3) is 0 Å². The number of hydrogen-bond donors (Lipinski definition) is 2. The Kier molecular flexibility index (Phi) is 6.84. The zero-order chi connectivity index (χ0) is 14.3. The predicted octanol–water partition coefficient (Wildman–Crippen LogP) is 1.95. The maximum atomic E-state index is 11.7. The first-order valence-corrected chi connectivity index (χ1v) is 7.18. The van der Waals surface area contributed by atoms with Gasteiger partial charge in [-0.25, -0.2) is 4.79 Å². The minimum atomic E-state index is -0.986. The summed E-state index contributed by atoms with van der Waals surface area (Å²) in [7, 11) is 0. The molecule has 0 unspecified atom stereocenters. The Labute approximate surface area is 114 Å². The molecule has 1 amide bonds. The van der Waals surface area contributed by atoms with E-state index in [4.69, 9.17) is 9.84 Å². The Hall–Kier alpha value is -1.10. The van der Waals surface area contributed by atoms with Crippen LogP contribution >= 0.6 is 0 Å². The lowest BCUT2D eigenvalue weighted by Gasteiger charge is -2.23. The van der Waals surface area contributed by atoms with E-state index in [2.05, 4.69) is 5.32 Å². The molecule has 0 aromatic rings. The molecule has 1 aliphatic carbocycles. The van der Waals surface area contributed by atoms with Gasteiger partial charge in [0.25, 0.3) is 0 Å². The van der Waals surface area contributed by atoms with Crippen LogP contribution in [-0.4, -0.2) is 35.7 Å². The number of rotatable bonds is 7. The molecule has 0 bridgehead atoms. The highest BCUT2D eigenvalue weighted by molar-refractivity contribution is 5.84. The second kappa shape index (κ2) is 8.15. The fourth-order valence-corrected chi connectivity index (χ4v) is 2.32. The third-order valence-corrected chi connectivity index (χ3v) is 3.80. The van der Waals surface area contributed by atoms with E-state index in [-0.39, 0.29) is 24.5 Å². The van der Waals surface area contributed by atoms with E-state index in [9.17, 15) is 9.59 Å². The van der Waals surface area contributed by atoms with Crippen molar-refractivity contribution in [2.24, 2.45) is 5.92 Å². The Morgan fingerprint density at radius 1 is 1.32 bits per heavy atom. The van der Waals surface area contributed by atoms with Crippen molar-refractivity contribution >= 4 is 11.9 Å². The molecule has 2 N–H and O–H groups in total. The number of nitrogens with one attached hydrogen (secondary N) is 1. The van der Waals surface area contributed by atoms with E-state index >= 15 is 0 Å². The van der Waals surface area contributed by atoms with Crippen LogP contribution in [0.1, 0.15) is 52.4 Å². The van der Waals surface area contributed by atoms with Crippen LogP contribution in [0.5, 0.6) is 0 Å². The van der Waals surface area contributed by atoms with Gasteiger partial charge < -0.3 is 15.2 Å². The van der Waals surface area contributed by atoms with Crippen molar-refractivity contribution in [1.29, 1.82) is 0 Å². The lowest BCUT2D eigenvalue weighted by Crippen LogP contribution is -2.46. The fraction of sp³-hybridized carbons (Fsp3) is 0.857. The minimum Gasteiger partial charge on any atom is -0.480 e. The predicted molar refractivity (Wildman–Crippen MR) is 71.8 cm³/mol. The van der Waals surface area contributed by atoms with Crippen molar-refractivity contribution in [3.05, 3.63) is 0 Å². The number of hydrogen-bond acceptors (Lipinski definition) is 3. The Balaban J connectivity index is 2.33. The van der Waals surface area contributed by atoms with Crippen LogP contribution in [0.2, 0.25) is 0 Å². The summed E-state index contributed by atoms with van der Waals surface area (Å²) in [4.78, 5) is 22.8. The maximum absolute atomic E-state index is 11.7. The monoisotopic (exact) mass is 271 g/mol. The van der Waals surface area contributed by atoms with Gasteiger partial charge in [-0.1, -0.05) is 39.5 Å². The fourth-order valence-electron chi connectivity index (χ4n) is 2.32. The maximum Gasteiger partial charge on any atom is 0.326 e. The molecule has 0 aromatic heterocycles. The van der Waals surface area contributed by atoms with Crippen LogP contribution in [-0.2, 0) is 14.3 Å². The van der Waals surface area contributed by atoms with Gasteiger partial charge in [0.1, 0.15) is 12.6 Å². The SMILES string of the molecule is CC[C@H](C)[C@@H](NC(=O)COC1CCCCC1)C(=O)O. The molecular weight excluding hydrogens is 246 g/mol. The summed E-state index contributed by atoms with van der Waals surface area (Å²) in [6.07, 6.45) is 6.41. The van der Waals surface area contributed by atoms with Crippen LogP contribution in [0.15, 0.2) is 0 Å². The highest BCUT2D eigenvalue weighted by atomic mass is 16.5. The largest absolute Gasteiger partial charge is 0.480 e. The van der Waals surface area contributed by atoms with E-state index in [1.54, 1.807) is 0 Å². The third-order valence-electron chi connectivity index (χ3n) is 3.80. The van der Waals surface area contributed by atoms with Crippen molar-refractivity contribution in [2.45, 2.75) is 64.5 Å². The first-order chi connectivity index (χ1) is 9.04. The number of carboxylic acids is 1. The van der Waals surface area contributed by atoms with E-state index < -0.39 is 12.0 Å². The van der Waals surface area contributed by atoms with Gasteiger partial charge in [-0.15, -0.1) is 0 Å². The first kappa shape index (κ1) is 16.0. The normalized spacial score (nSPS) is 19.7. The van der Waals surface area contributed by atoms with Gasteiger partial charge >= 0.3 is 5.97 Å². The van der Waals surface area contributed by atoms with Gasteiger partial charge in [0.05, 0.1) is 6.10 Å². The molecule has 19 heavy (non-hydrogen) atoms. The van der Waals surface area contributed by atoms with E-state index in [1.807, 2.05) is 13.8 Å². The molecule has 0 aromatic carbocycles. The number of amides is 1. The summed E-state index contributed by atoms with van der Waals surface area (Å²) < 4.78 is 5.53. The Morgan fingerprint density at radius 2 is 1.95 bits per heavy atom. The lowest BCUT2D eigenvalue weighted by atomic mass is 9.98. The molecule has 1 aliphatic rings. The van der Waals surface area contributed by atoms with Crippen molar-refractivity contribution in [1.82, 2.24) is 5.32 Å². The molecule has 1 rings (SSSR count). The number of carboxylic acid groups (broad SMARTS) is 1. The van der Waals surface area contributed by atoms with E-state index in [1.165, 1.54) is 6.42 Å². The highest BCUT2D eigenvalue weighted by Gasteiger charge is 2.25. The minimum absolute atomic E-state index is 0.0368. The number of ether oxygens (including phenoxy) is 1. The summed E-state index contributed by atoms with van der Waals surface area (Å²) >= 11 is 0. The average Bonchev–Trinajstić information content (AvgIpc) is 2.42. The van der Waals surface area contributed by atoms with Gasteiger partial charge in [-0.3, -0.25) is 4.79 Å². The number of aliphatic carboxylic acids is 1. The van der Waals surface area contributed by atoms with Crippen molar-refractivity contribution in [3.63, 3.8) is 0 Å². The van der Waals surface area contributed by atoms with Crippen LogP contribution in [0.3, 0.4) is 0 Å². The molecule has 0 heterocycles. The summed E-state index contributed by atoms with van der Waals surface area (Å²) in [6, 6.07) is -0.826. The zero-order valence-electron chi connectivity index (χ0n) is 11.9. The number of carbonyl (C=O) groups is 2. The van der Waals surface area contributed by atoms with Gasteiger partial charge in [0.2, 0.25) is 5.91 Å². The van der Waals surface area contributed by atoms with Gasteiger partial charge in [-0.05, 0) is 18.8 Å². The summed E-state index contributed by atoms with van der Waals surface area (Å²) in [5.41, 5.74) is 0. The molecule has 1 fully saturated rings. The van der Waals surface area contributed by atoms with Crippen LogP contribution < -0.4 is 5.32 Å². The molecule has 0 saturated heterocycles. The molecule has 0 spiro atoms. The Bertz CT molecular complexity index is 300. The number of carbonyl (C=O) groups excluding carboxylic acids is 1. The molecular formula is C14H25NO4. The summed E-state index contributed by atoms with van der Waals surface area (Å²) in [5.74, 6) is -1.41. The van der Waals surface area contributed by atoms with Gasteiger partial charge in [0, 0.05) is 0 Å². The quantitative estimate of drug-likeness (QED) is 0.742. The first-order valence-electron chi connectivity index (χ1n) is 7.18. The second-order valence-corrected chi connectivity index (χ2v) is 5.34. The van der Waals surface area contributed by atoms with Crippen LogP contribution in [0, 0.1) is 5.92 Å². The van der Waals surface area contributed by atoms with Crippen molar-refractivity contribution in [2.75, 3.05) is 6.61 Å². The molecule has 5 nitrogen and oxygen atoms in total. The second-order valence-electron chi connectivity index (χ2n) is 5.34. The average molecular weight is 271 g/mol. The Morgan fingerprint density at radius 3 is 2.47 bits per heavy atom. The van der Waals surface area contributed by atoms with Gasteiger partial charge in [0.15, 0.2) is 0 Å². The lowest BCUT2D eigenvalue weighted by molar-refractivity contribution is -0.144. The van der Waals surface area contributed by atoms with Crippen LogP contribution in [0.4, 0.5) is 0 Å². The van der Waals surface area contributed by atoms with Gasteiger partial charge in [-0.2, -0.15) is 0 Å². The molecule has 110 valence electrons. The standard InChI is InChI=1S/C14H25NO4/c1-3-10(2)13(14(17)18)15-12(16)9-19-11-7-5-4-6-8-11/h10-11,13H,3-9H2,1-2H3,(H,15,16)(H,17,18)/t10-,13+/m0/s1. The molecule has 1 saturated carbocycles. The highest BCUT2D eigenvalue weighted by Crippen LogP contribution is 2.20. The molecule has 5 heteroatoms. The topological polar surface area (TPSA) is 75.6 Å². The van der Waals surface area contributed by atoms with Crippen molar-refractivity contribution in [3.8, 4) is 0 Å². The van der Waals surface area contributed by atoms with E-state index in [0.717, 1.165) is 25.7 Å². The third kappa shape index (κ3) is 5.59. The smallest absolute Gasteiger partial charge is 0.326 e.